The van der Waals surface area contributed by atoms with Crippen molar-refractivity contribution < 1.29 is 0 Å². The molecule has 106 valence electrons. The zero-order chi connectivity index (χ0) is 14.9. The number of hydrogen-bond donors (Lipinski definition) is 2. The first-order chi connectivity index (χ1) is 9.38. The molecular formula is C14H18N4S2. The van der Waals surface area contributed by atoms with Crippen molar-refractivity contribution in [3.63, 3.8) is 0 Å². The molecule has 2 aromatic rings. The number of aryl methyl sites for hydroxylation is 3. The first kappa shape index (κ1) is 14.9. The smallest absolute Gasteiger partial charge is 0.137 e. The van der Waals surface area contributed by atoms with E-state index in [1.807, 2.05) is 33.0 Å². The number of nitrogens with zero attached hydrogens (tertiary/aromatic N) is 2. The topological polar surface area (TPSA) is 63.8 Å². The molecule has 0 saturated heterocycles. The normalized spacial score (nSPS) is 12.2. The minimum atomic E-state index is 0.0653. The Morgan fingerprint density at radius 1 is 1.40 bits per heavy atom. The number of aromatic nitrogens is 2. The van der Waals surface area contributed by atoms with E-state index in [9.17, 15) is 0 Å². The Hall–Kier alpha value is -1.53. The third-order valence-electron chi connectivity index (χ3n) is 2.95. The zero-order valence-corrected chi connectivity index (χ0v) is 13.7. The van der Waals surface area contributed by atoms with Gasteiger partial charge < -0.3 is 11.1 Å². The van der Waals surface area contributed by atoms with Gasteiger partial charge in [-0.25, -0.2) is 9.97 Å². The van der Waals surface area contributed by atoms with Crippen LogP contribution in [0.5, 0.6) is 0 Å². The highest BCUT2D eigenvalue weighted by Gasteiger charge is 2.16. The summed E-state index contributed by atoms with van der Waals surface area (Å²) in [5.74, 6) is 0.732. The Bertz CT molecular complexity index is 649. The van der Waals surface area contributed by atoms with Crippen LogP contribution >= 0.6 is 23.6 Å². The van der Waals surface area contributed by atoms with Gasteiger partial charge in [0.25, 0.3) is 0 Å². The molecule has 4 nitrogen and oxygen atoms in total. The van der Waals surface area contributed by atoms with Crippen LogP contribution in [0.3, 0.4) is 0 Å². The van der Waals surface area contributed by atoms with E-state index in [-0.39, 0.29) is 6.04 Å². The lowest BCUT2D eigenvalue weighted by molar-refractivity contribution is 0.857. The molecule has 0 aliphatic rings. The van der Waals surface area contributed by atoms with Crippen molar-refractivity contribution in [3.8, 4) is 0 Å². The molecule has 0 amide bonds. The second-order valence-corrected chi connectivity index (χ2v) is 6.55. The van der Waals surface area contributed by atoms with Gasteiger partial charge in [0.05, 0.1) is 11.6 Å². The number of nitrogens with one attached hydrogen (secondary N) is 1. The Morgan fingerprint density at radius 2 is 2.10 bits per heavy atom. The molecule has 0 bridgehead atoms. The van der Waals surface area contributed by atoms with Crippen LogP contribution in [0.1, 0.15) is 39.7 Å². The molecule has 2 rings (SSSR count). The molecule has 0 aromatic carbocycles. The minimum absolute atomic E-state index is 0.0653. The summed E-state index contributed by atoms with van der Waals surface area (Å²) in [6, 6.07) is 2.05. The summed E-state index contributed by atoms with van der Waals surface area (Å²) < 4.78 is 0. The summed E-state index contributed by atoms with van der Waals surface area (Å²) in [4.78, 5) is 10.5. The lowest BCUT2D eigenvalue weighted by Crippen LogP contribution is -2.18. The van der Waals surface area contributed by atoms with Gasteiger partial charge in [0.1, 0.15) is 15.8 Å². The van der Waals surface area contributed by atoms with E-state index in [4.69, 9.17) is 18.0 Å². The Balaban J connectivity index is 2.35. The molecule has 2 heterocycles. The quantitative estimate of drug-likeness (QED) is 0.849. The van der Waals surface area contributed by atoms with E-state index in [2.05, 4.69) is 22.2 Å². The summed E-state index contributed by atoms with van der Waals surface area (Å²) in [5.41, 5.74) is 8.61. The lowest BCUT2D eigenvalue weighted by Gasteiger charge is -2.17. The molecule has 0 aliphatic carbocycles. The molecule has 0 fully saturated rings. The lowest BCUT2D eigenvalue weighted by atomic mass is 10.1. The third-order valence-corrected chi connectivity index (χ3v) is 4.25. The highest BCUT2D eigenvalue weighted by Crippen LogP contribution is 2.26. The SMILES string of the molecule is Cc1cc(C)c(C(N)=S)c(NC(C)c2ncc(C)s2)n1. The standard InChI is InChI=1S/C14H18N4S2/c1-7-5-8(2)17-13(11(7)12(15)19)18-10(4)14-16-6-9(3)20-14/h5-6,10H,1-4H3,(H2,15,19)(H,17,18). The van der Waals surface area contributed by atoms with Gasteiger partial charge in [-0.15, -0.1) is 11.3 Å². The summed E-state index contributed by atoms with van der Waals surface area (Å²) in [5, 5.41) is 4.40. The first-order valence-electron chi connectivity index (χ1n) is 6.35. The summed E-state index contributed by atoms with van der Waals surface area (Å²) in [7, 11) is 0. The van der Waals surface area contributed by atoms with Gasteiger partial charge in [-0.3, -0.25) is 0 Å². The molecule has 20 heavy (non-hydrogen) atoms. The first-order valence-corrected chi connectivity index (χ1v) is 7.58. The molecule has 6 heteroatoms. The molecule has 3 N–H and O–H groups in total. The maximum absolute atomic E-state index is 5.82. The van der Waals surface area contributed by atoms with Crippen LogP contribution in [-0.2, 0) is 0 Å². The van der Waals surface area contributed by atoms with Crippen LogP contribution < -0.4 is 11.1 Å². The number of rotatable bonds is 4. The molecule has 0 radical (unpaired) electrons. The van der Waals surface area contributed by atoms with Crippen molar-refractivity contribution in [2.45, 2.75) is 33.7 Å². The number of thiazole rings is 1. The third kappa shape index (κ3) is 3.13. The fourth-order valence-electron chi connectivity index (χ4n) is 2.09. The van der Waals surface area contributed by atoms with Gasteiger partial charge in [-0.05, 0) is 39.3 Å². The van der Waals surface area contributed by atoms with Crippen molar-refractivity contribution in [2.75, 3.05) is 5.32 Å². The van der Waals surface area contributed by atoms with Gasteiger partial charge in [0.15, 0.2) is 0 Å². The van der Waals surface area contributed by atoms with E-state index < -0.39 is 0 Å². The Kier molecular flexibility index (Phi) is 4.35. The van der Waals surface area contributed by atoms with E-state index in [0.717, 1.165) is 27.6 Å². The fourth-order valence-corrected chi connectivity index (χ4v) is 3.13. The van der Waals surface area contributed by atoms with E-state index in [1.165, 1.54) is 4.88 Å². The van der Waals surface area contributed by atoms with Crippen LogP contribution in [0, 0.1) is 20.8 Å². The average Bonchev–Trinajstić information content (AvgIpc) is 2.74. The fraction of sp³-hybridized carbons (Fsp3) is 0.357. The zero-order valence-electron chi connectivity index (χ0n) is 12.0. The summed E-state index contributed by atoms with van der Waals surface area (Å²) >= 11 is 6.81. The van der Waals surface area contributed by atoms with Gasteiger partial charge in [0.2, 0.25) is 0 Å². The Morgan fingerprint density at radius 3 is 2.65 bits per heavy atom. The number of anilines is 1. The van der Waals surface area contributed by atoms with Gasteiger partial charge in [0, 0.05) is 16.8 Å². The average molecular weight is 306 g/mol. The molecule has 2 aromatic heterocycles. The molecule has 1 atom stereocenters. The number of pyridine rings is 1. The van der Waals surface area contributed by atoms with E-state index >= 15 is 0 Å². The maximum Gasteiger partial charge on any atom is 0.137 e. The molecule has 0 aliphatic heterocycles. The second kappa shape index (κ2) is 5.85. The van der Waals surface area contributed by atoms with Gasteiger partial charge in [-0.2, -0.15) is 0 Å². The monoisotopic (exact) mass is 306 g/mol. The van der Waals surface area contributed by atoms with Crippen LogP contribution in [0.4, 0.5) is 5.82 Å². The highest BCUT2D eigenvalue weighted by molar-refractivity contribution is 7.80. The minimum Gasteiger partial charge on any atom is -0.389 e. The van der Waals surface area contributed by atoms with Crippen LogP contribution in [0.15, 0.2) is 12.3 Å². The second-order valence-electron chi connectivity index (χ2n) is 4.84. The van der Waals surface area contributed by atoms with Crippen molar-refractivity contribution in [2.24, 2.45) is 5.73 Å². The molecule has 0 spiro atoms. The molecule has 0 saturated carbocycles. The van der Waals surface area contributed by atoms with Crippen LogP contribution in [0.2, 0.25) is 0 Å². The van der Waals surface area contributed by atoms with Crippen molar-refractivity contribution in [1.29, 1.82) is 0 Å². The van der Waals surface area contributed by atoms with Gasteiger partial charge in [-0.1, -0.05) is 12.2 Å². The number of nitrogens with two attached hydrogens (primary N) is 1. The predicted octanol–water partition coefficient (Wildman–Crippen LogP) is 3.27. The number of hydrogen-bond acceptors (Lipinski definition) is 5. The van der Waals surface area contributed by atoms with Crippen molar-refractivity contribution in [3.05, 3.63) is 39.0 Å². The maximum atomic E-state index is 5.82. The van der Waals surface area contributed by atoms with Crippen LogP contribution in [0.25, 0.3) is 0 Å². The van der Waals surface area contributed by atoms with Crippen molar-refractivity contribution in [1.82, 2.24) is 9.97 Å². The van der Waals surface area contributed by atoms with Gasteiger partial charge >= 0.3 is 0 Å². The number of thiocarbonyl (C=S) groups is 1. The largest absolute Gasteiger partial charge is 0.389 e. The van der Waals surface area contributed by atoms with Crippen molar-refractivity contribution >= 4 is 34.4 Å². The van der Waals surface area contributed by atoms with Crippen LogP contribution in [-0.4, -0.2) is 15.0 Å². The highest BCUT2D eigenvalue weighted by atomic mass is 32.1. The predicted molar refractivity (Wildman–Crippen MR) is 88.5 cm³/mol. The summed E-state index contributed by atoms with van der Waals surface area (Å²) in [6.45, 7) is 8.05. The molecule has 1 unspecified atom stereocenters. The van der Waals surface area contributed by atoms with E-state index in [1.54, 1.807) is 11.3 Å². The van der Waals surface area contributed by atoms with E-state index in [0.29, 0.717) is 4.99 Å². The Labute approximate surface area is 128 Å². The molecular weight excluding hydrogens is 288 g/mol. The summed E-state index contributed by atoms with van der Waals surface area (Å²) in [6.07, 6.45) is 1.88.